The van der Waals surface area contributed by atoms with Crippen molar-refractivity contribution in [2.24, 2.45) is 0 Å². The molecule has 0 saturated heterocycles. The second kappa shape index (κ2) is 5.54. The van der Waals surface area contributed by atoms with Gasteiger partial charge in [0.15, 0.2) is 10.7 Å². The van der Waals surface area contributed by atoms with Gasteiger partial charge in [0.2, 0.25) is 5.39 Å². The van der Waals surface area contributed by atoms with E-state index in [9.17, 15) is 9.90 Å². The van der Waals surface area contributed by atoms with Crippen LogP contribution in [0.15, 0.2) is 35.7 Å². The lowest BCUT2D eigenvalue weighted by Crippen LogP contribution is -2.00. The van der Waals surface area contributed by atoms with Gasteiger partial charge in [-0.2, -0.15) is 0 Å². The van der Waals surface area contributed by atoms with Crippen molar-refractivity contribution in [3.63, 3.8) is 0 Å². The molecule has 1 aliphatic carbocycles. The molecule has 90 valence electrons. The lowest BCUT2D eigenvalue weighted by Gasteiger charge is -1.93. The first-order chi connectivity index (χ1) is 9.22. The van der Waals surface area contributed by atoms with Gasteiger partial charge in [0.1, 0.15) is 0 Å². The van der Waals surface area contributed by atoms with Crippen LogP contribution >= 0.6 is 0 Å². The maximum Gasteiger partial charge on any atom is 0.477 e. The highest BCUT2D eigenvalue weighted by Crippen LogP contribution is 2.12. The minimum Gasteiger partial charge on any atom is -0.505 e. The number of carbonyl (C=O) groups excluding carboxylic acids is 1. The molecule has 0 bridgehead atoms. The summed E-state index contributed by atoms with van der Waals surface area (Å²) in [5, 5.41) is 18.4. The molecular weight excluding hydrogens is 240 g/mol. The van der Waals surface area contributed by atoms with Gasteiger partial charge >= 0.3 is 11.5 Å². The molecule has 0 aliphatic heterocycles. The van der Waals surface area contributed by atoms with E-state index in [1.165, 1.54) is 0 Å². The highest BCUT2D eigenvalue weighted by atomic mass is 16.3. The first-order valence-electron chi connectivity index (χ1n) is 5.64. The fourth-order valence-electron chi connectivity index (χ4n) is 1.58. The Balaban J connectivity index is 2.55. The summed E-state index contributed by atoms with van der Waals surface area (Å²) in [6.45, 7) is 0. The lowest BCUT2D eigenvalue weighted by molar-refractivity contribution is -0.110. The van der Waals surface area contributed by atoms with Crippen LogP contribution in [-0.2, 0) is 4.79 Å². The largest absolute Gasteiger partial charge is 0.505 e. The van der Waals surface area contributed by atoms with Gasteiger partial charge in [-0.05, 0) is 18.1 Å². The molecule has 0 unspecified atom stereocenters. The molecule has 0 fully saturated rings. The Kier molecular flexibility index (Phi) is 3.62. The summed E-state index contributed by atoms with van der Waals surface area (Å²) in [4.78, 5) is 14.5. The van der Waals surface area contributed by atoms with E-state index < -0.39 is 11.5 Å². The smallest absolute Gasteiger partial charge is 0.477 e. The second-order valence-corrected chi connectivity index (χ2v) is 3.82. The molecule has 0 aromatic heterocycles. The molecule has 0 amide bonds. The van der Waals surface area contributed by atoms with Crippen LogP contribution in [0.1, 0.15) is 24.0 Å². The van der Waals surface area contributed by atoms with Crippen molar-refractivity contribution in [3.05, 3.63) is 51.8 Å². The first-order valence-corrected chi connectivity index (χ1v) is 5.64. The van der Waals surface area contributed by atoms with Crippen LogP contribution in [0.25, 0.3) is 4.98 Å². The van der Waals surface area contributed by atoms with Gasteiger partial charge in [0.25, 0.3) is 0 Å². The minimum atomic E-state index is -0.725. The zero-order valence-corrected chi connectivity index (χ0v) is 9.97. The van der Waals surface area contributed by atoms with Crippen LogP contribution in [0.4, 0.5) is 0 Å². The summed E-state index contributed by atoms with van der Waals surface area (Å²) < 4.78 is 0. The number of carbonyl (C=O) groups is 1. The van der Waals surface area contributed by atoms with E-state index in [-0.39, 0.29) is 12.2 Å². The van der Waals surface area contributed by atoms with Gasteiger partial charge in [-0.25, -0.2) is 0 Å². The molecule has 19 heavy (non-hydrogen) atoms. The summed E-state index contributed by atoms with van der Waals surface area (Å²) in [5.41, 5.74) is 0.933. The van der Waals surface area contributed by atoms with Crippen LogP contribution in [0, 0.1) is 29.1 Å². The van der Waals surface area contributed by atoms with Crippen molar-refractivity contribution in [1.29, 1.82) is 5.39 Å². The molecule has 1 aliphatic rings. The highest BCUT2D eigenvalue weighted by Gasteiger charge is 2.26. The van der Waals surface area contributed by atoms with Gasteiger partial charge < -0.3 is 5.11 Å². The fourth-order valence-corrected chi connectivity index (χ4v) is 1.58. The number of aliphatic hydroxyl groups excluding tert-OH is 1. The summed E-state index contributed by atoms with van der Waals surface area (Å²) in [7, 11) is 0. The van der Waals surface area contributed by atoms with E-state index in [4.69, 9.17) is 5.39 Å². The standard InChI is InChI=1S/C15H8N2O2/c16-17-15-13(18)8-4-3-6-11-5-1-2-7-12(11)9-10-14(15)19/h1-2,5,7H,4,8H2/p+1. The fraction of sp³-hybridized carbons (Fsp3) is 0.133. The van der Waals surface area contributed by atoms with Crippen molar-refractivity contribution < 1.29 is 9.90 Å². The van der Waals surface area contributed by atoms with Crippen molar-refractivity contribution in [2.75, 3.05) is 0 Å². The lowest BCUT2D eigenvalue weighted by atomic mass is 10.1. The molecule has 0 heterocycles. The number of nitrogens with zero attached hydrogens (tertiary/aromatic N) is 2. The number of Topliss-reactive ketones (excluding diaryl/α,β-unsaturated/α-hetero) is 1. The monoisotopic (exact) mass is 249 g/mol. The number of ketones is 1. The predicted molar refractivity (Wildman–Crippen MR) is 69.2 cm³/mol. The van der Waals surface area contributed by atoms with E-state index in [1.807, 2.05) is 12.1 Å². The number of rotatable bonds is 0. The molecular formula is C15H9N2O2+. The molecule has 1 aromatic carbocycles. The quantitative estimate of drug-likeness (QED) is 0.567. The van der Waals surface area contributed by atoms with Gasteiger partial charge in [-0.15, -0.1) is 0 Å². The number of allylic oxidation sites excluding steroid dienone is 2. The van der Waals surface area contributed by atoms with Crippen molar-refractivity contribution in [3.8, 4) is 23.7 Å². The van der Waals surface area contributed by atoms with Crippen LogP contribution in [0.2, 0.25) is 0 Å². The number of aliphatic hydroxyl groups is 1. The predicted octanol–water partition coefficient (Wildman–Crippen LogP) is 2.38. The van der Waals surface area contributed by atoms with Gasteiger partial charge in [0, 0.05) is 24.0 Å². The summed E-state index contributed by atoms with van der Waals surface area (Å²) >= 11 is 0. The minimum absolute atomic E-state index is 0.141. The Bertz CT molecular complexity index is 731. The average Bonchev–Trinajstić information content (AvgIpc) is 2.44. The molecule has 4 nitrogen and oxygen atoms in total. The number of hydrogen-bond donors (Lipinski definition) is 1. The number of diazo groups is 1. The summed E-state index contributed by atoms with van der Waals surface area (Å²) in [5.74, 6) is 9.81. The number of fused-ring (bicyclic) bond motifs is 1. The topological polar surface area (TPSA) is 65.4 Å². The van der Waals surface area contributed by atoms with E-state index in [2.05, 4.69) is 28.7 Å². The third-order valence-electron chi connectivity index (χ3n) is 2.54. The van der Waals surface area contributed by atoms with Crippen molar-refractivity contribution >= 4 is 5.78 Å². The molecule has 2 rings (SSSR count). The molecule has 0 radical (unpaired) electrons. The van der Waals surface area contributed by atoms with E-state index in [0.717, 1.165) is 5.56 Å². The van der Waals surface area contributed by atoms with Crippen LogP contribution in [0.5, 0.6) is 0 Å². The third-order valence-corrected chi connectivity index (χ3v) is 2.54. The molecule has 1 aromatic rings. The number of hydrogen-bond acceptors (Lipinski definition) is 3. The van der Waals surface area contributed by atoms with Crippen LogP contribution < -0.4 is 0 Å². The van der Waals surface area contributed by atoms with Gasteiger partial charge in [-0.3, -0.25) is 4.79 Å². The first kappa shape index (κ1) is 12.4. The molecule has 0 saturated carbocycles. The van der Waals surface area contributed by atoms with E-state index in [1.54, 1.807) is 12.1 Å². The normalized spacial score (nSPS) is 17.7. The van der Waals surface area contributed by atoms with Crippen LogP contribution in [0.3, 0.4) is 0 Å². The van der Waals surface area contributed by atoms with Gasteiger partial charge in [-0.1, -0.05) is 29.9 Å². The summed E-state index contributed by atoms with van der Waals surface area (Å²) in [6.07, 6.45) is 0.494. The van der Waals surface area contributed by atoms with Crippen LogP contribution in [-0.4, -0.2) is 10.9 Å². The number of benzene rings is 1. The van der Waals surface area contributed by atoms with Crippen molar-refractivity contribution in [2.45, 2.75) is 12.8 Å². The Morgan fingerprint density at radius 3 is 2.53 bits per heavy atom. The Morgan fingerprint density at radius 1 is 1.16 bits per heavy atom. The molecule has 1 N–H and O–H groups in total. The second-order valence-electron chi connectivity index (χ2n) is 3.82. The zero-order chi connectivity index (χ0) is 13.7. The molecule has 4 heteroatoms. The Morgan fingerprint density at radius 2 is 1.84 bits per heavy atom. The maximum atomic E-state index is 11.7. The zero-order valence-electron chi connectivity index (χ0n) is 9.97. The maximum absolute atomic E-state index is 11.7. The SMILES string of the molecule is N#[N+]/C1=C(\O)CCC#Cc2ccccc2C#CC1=O. The molecule has 0 atom stereocenters. The molecule has 0 spiro atoms. The van der Waals surface area contributed by atoms with Crippen molar-refractivity contribution in [1.82, 2.24) is 0 Å². The summed E-state index contributed by atoms with van der Waals surface area (Å²) in [6, 6.07) is 7.19. The Hall–Kier alpha value is -3.03. The van der Waals surface area contributed by atoms with E-state index >= 15 is 0 Å². The average molecular weight is 249 g/mol. The third kappa shape index (κ3) is 2.80. The van der Waals surface area contributed by atoms with Gasteiger partial charge in [0.05, 0.1) is 0 Å². The Labute approximate surface area is 110 Å². The highest BCUT2D eigenvalue weighted by molar-refractivity contribution is 6.10. The van der Waals surface area contributed by atoms with E-state index in [0.29, 0.717) is 12.0 Å².